The predicted molar refractivity (Wildman–Crippen MR) is 374 cm³/mol. The van der Waals surface area contributed by atoms with Crippen LogP contribution in [0.4, 0.5) is 0 Å². The van der Waals surface area contributed by atoms with E-state index in [9.17, 15) is 61.0 Å². The highest BCUT2D eigenvalue weighted by Crippen LogP contribution is 2.33. The van der Waals surface area contributed by atoms with Gasteiger partial charge in [-0.2, -0.15) is 0 Å². The normalized spacial score (nSPS) is 27.2. The van der Waals surface area contributed by atoms with Crippen LogP contribution in [0.15, 0.2) is 12.2 Å². The number of aliphatic hydroxyl groups excluding tert-OH is 11. The minimum Gasteiger partial charge on any atom is -0.394 e. The van der Waals surface area contributed by atoms with Gasteiger partial charge in [-0.05, 0) is 19.3 Å². The molecule has 0 radical (unpaired) electrons. The summed E-state index contributed by atoms with van der Waals surface area (Å²) in [6.45, 7) is 1.80. The molecule has 3 aliphatic heterocycles. The van der Waals surface area contributed by atoms with Crippen LogP contribution in [0.5, 0.6) is 0 Å². The monoisotopic (exact) mass is 1360 g/mol. The summed E-state index contributed by atoms with van der Waals surface area (Å²) in [4.78, 5) is 13.5. The summed E-state index contributed by atoms with van der Waals surface area (Å²) in [5.74, 6) is -0.267. The maximum Gasteiger partial charge on any atom is 0.220 e. The van der Waals surface area contributed by atoms with Gasteiger partial charge in [0.15, 0.2) is 18.9 Å². The van der Waals surface area contributed by atoms with Gasteiger partial charge in [0.1, 0.15) is 73.2 Å². The fourth-order valence-electron chi connectivity index (χ4n) is 13.7. The first-order valence-corrected chi connectivity index (χ1v) is 39.4. The van der Waals surface area contributed by atoms with E-state index < -0.39 is 124 Å². The molecule has 3 aliphatic rings. The Balaban J connectivity index is 1.37. The second kappa shape index (κ2) is 58.1. The van der Waals surface area contributed by atoms with Gasteiger partial charge >= 0.3 is 0 Å². The Hall–Kier alpha value is -1.47. The molecule has 3 heterocycles. The Labute approximate surface area is 576 Å². The third-order valence-electron chi connectivity index (χ3n) is 20.1. The zero-order valence-corrected chi connectivity index (χ0v) is 59.9. The Kier molecular flexibility index (Phi) is 53.6. The van der Waals surface area contributed by atoms with Gasteiger partial charge in [-0.15, -0.1) is 0 Å². The van der Waals surface area contributed by atoms with Crippen LogP contribution in [-0.2, 0) is 33.2 Å². The molecule has 0 aromatic heterocycles. The lowest BCUT2D eigenvalue weighted by atomic mass is 9.96. The number of hydrogen-bond acceptors (Lipinski definition) is 18. The van der Waals surface area contributed by atoms with Gasteiger partial charge in [-0.1, -0.05) is 321 Å². The molecular weight excluding hydrogens is 1210 g/mol. The second-order valence-corrected chi connectivity index (χ2v) is 28.5. The number of carbonyl (C=O) groups excluding carboxylic acids is 1. The third kappa shape index (κ3) is 39.0. The quantitative estimate of drug-likeness (QED) is 0.0199. The van der Waals surface area contributed by atoms with Crippen LogP contribution in [0, 0.1) is 0 Å². The number of amides is 1. The zero-order valence-electron chi connectivity index (χ0n) is 59.9. The van der Waals surface area contributed by atoms with Gasteiger partial charge in [0.25, 0.3) is 0 Å². The van der Waals surface area contributed by atoms with E-state index in [4.69, 9.17) is 28.4 Å². The van der Waals surface area contributed by atoms with Crippen molar-refractivity contribution in [2.75, 3.05) is 26.4 Å². The maximum atomic E-state index is 13.5. The lowest BCUT2D eigenvalue weighted by Gasteiger charge is -2.48. The zero-order chi connectivity index (χ0) is 68.9. The van der Waals surface area contributed by atoms with E-state index in [1.165, 1.54) is 263 Å². The second-order valence-electron chi connectivity index (χ2n) is 28.5. The molecule has 17 unspecified atom stereocenters. The van der Waals surface area contributed by atoms with Crippen molar-refractivity contribution in [1.82, 2.24) is 5.32 Å². The highest BCUT2D eigenvalue weighted by Gasteiger charge is 2.53. The highest BCUT2D eigenvalue weighted by molar-refractivity contribution is 5.76. The summed E-state index contributed by atoms with van der Waals surface area (Å²) >= 11 is 0. The van der Waals surface area contributed by atoms with E-state index >= 15 is 0 Å². The van der Waals surface area contributed by atoms with Crippen molar-refractivity contribution in [3.8, 4) is 0 Å². The molecule has 1 amide bonds. The van der Waals surface area contributed by atoms with Crippen LogP contribution in [-0.4, -0.2) is 193 Å². The Bertz CT molecular complexity index is 1770. The molecule has 0 aromatic rings. The summed E-state index contributed by atoms with van der Waals surface area (Å²) in [5.41, 5.74) is 0. The summed E-state index contributed by atoms with van der Waals surface area (Å²) < 4.78 is 34.4. The van der Waals surface area contributed by atoms with Crippen LogP contribution in [0.1, 0.15) is 335 Å². The van der Waals surface area contributed by atoms with E-state index in [1.54, 1.807) is 6.08 Å². The number of nitrogens with one attached hydrogen (secondary N) is 1. The van der Waals surface area contributed by atoms with Gasteiger partial charge in [-0.25, -0.2) is 0 Å². The van der Waals surface area contributed by atoms with Crippen molar-refractivity contribution in [2.24, 2.45) is 0 Å². The van der Waals surface area contributed by atoms with E-state index in [-0.39, 0.29) is 18.9 Å². The van der Waals surface area contributed by atoms with Crippen LogP contribution >= 0.6 is 0 Å². The van der Waals surface area contributed by atoms with E-state index in [0.717, 1.165) is 44.9 Å². The van der Waals surface area contributed by atoms with E-state index in [1.807, 2.05) is 6.08 Å². The molecule has 3 fully saturated rings. The van der Waals surface area contributed by atoms with Crippen molar-refractivity contribution in [1.29, 1.82) is 0 Å². The minimum atomic E-state index is -1.98. The van der Waals surface area contributed by atoms with Crippen molar-refractivity contribution < 1.29 is 89.4 Å². The minimum absolute atomic E-state index is 0.250. The van der Waals surface area contributed by atoms with Gasteiger partial charge in [-0.3, -0.25) is 4.79 Å². The molecule has 19 nitrogen and oxygen atoms in total. The van der Waals surface area contributed by atoms with Crippen LogP contribution in [0.2, 0.25) is 0 Å². The molecule has 3 saturated heterocycles. The fraction of sp³-hybridized carbons (Fsp3) is 0.961. The maximum absolute atomic E-state index is 13.5. The summed E-state index contributed by atoms with van der Waals surface area (Å²) in [7, 11) is 0. The Morgan fingerprint density at radius 2 is 0.653 bits per heavy atom. The van der Waals surface area contributed by atoms with Crippen LogP contribution < -0.4 is 5.32 Å². The highest BCUT2D eigenvalue weighted by atomic mass is 16.8. The average Bonchev–Trinajstić information content (AvgIpc) is 0.788. The molecule has 0 aliphatic carbocycles. The molecule has 0 aromatic carbocycles. The van der Waals surface area contributed by atoms with Crippen molar-refractivity contribution in [3.05, 3.63) is 12.2 Å². The molecule has 95 heavy (non-hydrogen) atoms. The summed E-state index contributed by atoms with van der Waals surface area (Å²) in [5, 5.41) is 121. The number of aliphatic hydroxyl groups is 11. The molecular formula is C76H145NO18. The lowest BCUT2D eigenvalue weighted by Crippen LogP contribution is -2.66. The lowest BCUT2D eigenvalue weighted by molar-refractivity contribution is -0.379. The first-order valence-electron chi connectivity index (χ1n) is 39.4. The van der Waals surface area contributed by atoms with E-state index in [2.05, 4.69) is 19.2 Å². The topological polar surface area (TPSA) is 307 Å². The number of rotatable bonds is 63. The average molecular weight is 1360 g/mol. The molecule has 3 rings (SSSR count). The van der Waals surface area contributed by atoms with Gasteiger partial charge in [0.2, 0.25) is 5.91 Å². The largest absolute Gasteiger partial charge is 0.394 e. The molecule has 562 valence electrons. The molecule has 17 atom stereocenters. The molecule has 0 saturated carbocycles. The molecule has 19 heteroatoms. The number of hydrogen-bond donors (Lipinski definition) is 12. The standard InChI is InChI=1S/C76H145NO18/c1-3-5-7-9-11-13-15-17-19-21-23-25-26-27-28-29-30-31-32-33-34-36-38-40-42-44-46-48-50-52-54-64(82)77-59(60(81)53-51-49-47-45-43-41-39-37-35-24-22-20-18-16-14-12-10-8-6-4-2)58-90-74-70(88)67(85)72(62(56-79)92-74)95-76-71(89)68(86)73(63(57-80)93-76)94-75-69(87)66(84)65(83)61(55-78)91-75/h51,53,59-63,65-76,78-81,83-89H,3-50,52,54-58H2,1-2H3,(H,77,82)/b53-51+. The van der Waals surface area contributed by atoms with Crippen LogP contribution in [0.3, 0.4) is 0 Å². The van der Waals surface area contributed by atoms with Gasteiger partial charge in [0, 0.05) is 6.42 Å². The fourth-order valence-corrected chi connectivity index (χ4v) is 13.7. The van der Waals surface area contributed by atoms with E-state index in [0.29, 0.717) is 6.42 Å². The number of ether oxygens (including phenoxy) is 6. The number of allylic oxidation sites excluding steroid dienone is 1. The predicted octanol–water partition coefficient (Wildman–Crippen LogP) is 12.4. The van der Waals surface area contributed by atoms with Crippen molar-refractivity contribution in [2.45, 2.75) is 439 Å². The van der Waals surface area contributed by atoms with Crippen molar-refractivity contribution in [3.63, 3.8) is 0 Å². The summed E-state index contributed by atoms with van der Waals surface area (Å²) in [6, 6.07) is -0.970. The Morgan fingerprint density at radius 3 is 0.989 bits per heavy atom. The molecule has 0 bridgehead atoms. The molecule has 0 spiro atoms. The SMILES string of the molecule is CCCCCCCCCCCCCCCCCCCC/C=C/C(O)C(COC1OC(CO)C(OC2OC(CO)C(OC3OC(CO)C(O)C(O)C3O)C(O)C2O)C(O)C1O)NC(=O)CCCCCCCCCCCCCCCCCCCCCCCCCCCCCCCC. The summed E-state index contributed by atoms with van der Waals surface area (Å²) in [6.07, 6.45) is 40.6. The van der Waals surface area contributed by atoms with Gasteiger partial charge in [0.05, 0.1) is 38.6 Å². The van der Waals surface area contributed by atoms with Gasteiger partial charge < -0.3 is 89.9 Å². The van der Waals surface area contributed by atoms with Crippen molar-refractivity contribution >= 4 is 5.91 Å². The molecule has 12 N–H and O–H groups in total. The number of carbonyl (C=O) groups is 1. The first-order chi connectivity index (χ1) is 46.3. The number of unbranched alkanes of at least 4 members (excludes halogenated alkanes) is 47. The first kappa shape index (κ1) is 87.7. The van der Waals surface area contributed by atoms with Crippen LogP contribution in [0.25, 0.3) is 0 Å². The Morgan fingerprint density at radius 1 is 0.368 bits per heavy atom. The third-order valence-corrected chi connectivity index (χ3v) is 20.1. The smallest absolute Gasteiger partial charge is 0.220 e.